The minimum absolute atomic E-state index is 0.516. The van der Waals surface area contributed by atoms with Gasteiger partial charge in [-0.3, -0.25) is 0 Å². The second-order valence-electron chi connectivity index (χ2n) is 4.39. The molecule has 0 aliphatic heterocycles. The Morgan fingerprint density at radius 2 is 2.38 bits per heavy atom. The number of hydrogen-bond acceptors (Lipinski definition) is 2. The van der Waals surface area contributed by atoms with E-state index in [-0.39, 0.29) is 0 Å². The summed E-state index contributed by atoms with van der Waals surface area (Å²) in [6, 6.07) is 2.63. The van der Waals surface area contributed by atoms with E-state index in [2.05, 4.69) is 34.2 Å². The maximum absolute atomic E-state index is 6.11. The maximum atomic E-state index is 6.11. The number of halogens is 2. The third kappa shape index (κ3) is 2.81. The van der Waals surface area contributed by atoms with Crippen molar-refractivity contribution in [2.45, 2.75) is 38.6 Å². The summed E-state index contributed by atoms with van der Waals surface area (Å²) in [4.78, 5) is 1.38. The summed E-state index contributed by atoms with van der Waals surface area (Å²) < 4.78 is 1.06. The fraction of sp³-hybridized carbons (Fsp3) is 0.667. The molecule has 1 N–H and O–H groups in total. The van der Waals surface area contributed by atoms with Gasteiger partial charge in [-0.05, 0) is 53.7 Å². The Balaban J connectivity index is 2.10. The Morgan fingerprint density at radius 3 is 2.81 bits per heavy atom. The molecule has 1 aromatic heterocycles. The lowest BCUT2D eigenvalue weighted by molar-refractivity contribution is 0.234. The lowest BCUT2D eigenvalue weighted by Crippen LogP contribution is -2.32. The molecule has 1 nitrogen and oxygen atoms in total. The molecular weight excluding hydrogens is 306 g/mol. The molecule has 0 spiro atoms. The summed E-state index contributed by atoms with van der Waals surface area (Å²) >= 11 is 11.4. The van der Waals surface area contributed by atoms with Crippen LogP contribution < -0.4 is 5.32 Å². The Labute approximate surface area is 115 Å². The van der Waals surface area contributed by atoms with Gasteiger partial charge in [0.1, 0.15) is 0 Å². The smallest absolute Gasteiger partial charge is 0.0887 e. The third-order valence-electron chi connectivity index (χ3n) is 3.21. The lowest BCUT2D eigenvalue weighted by Gasteiger charge is -2.34. The van der Waals surface area contributed by atoms with Gasteiger partial charge in [0.2, 0.25) is 0 Å². The summed E-state index contributed by atoms with van der Waals surface area (Å²) in [5.74, 6) is 0.813. The molecular formula is C12H17BrClNS. The van der Waals surface area contributed by atoms with Crippen molar-refractivity contribution in [2.75, 3.05) is 6.54 Å². The van der Waals surface area contributed by atoms with E-state index >= 15 is 0 Å². The first kappa shape index (κ1) is 12.9. The highest BCUT2D eigenvalue weighted by atomic mass is 79.9. The van der Waals surface area contributed by atoms with Crippen LogP contribution in [-0.4, -0.2) is 6.54 Å². The van der Waals surface area contributed by atoms with Gasteiger partial charge in [0.05, 0.1) is 8.81 Å². The monoisotopic (exact) mass is 321 g/mol. The molecule has 1 saturated carbocycles. The summed E-state index contributed by atoms with van der Waals surface area (Å²) in [7, 11) is 0. The van der Waals surface area contributed by atoms with Gasteiger partial charge in [0, 0.05) is 10.9 Å². The predicted octanol–water partition coefficient (Wildman–Crippen LogP) is 5.00. The van der Waals surface area contributed by atoms with E-state index in [1.54, 1.807) is 11.3 Å². The molecule has 16 heavy (non-hydrogen) atoms. The number of hydrogen-bond donors (Lipinski definition) is 1. The fourth-order valence-electron chi connectivity index (χ4n) is 2.09. The van der Waals surface area contributed by atoms with Crippen LogP contribution in [0.5, 0.6) is 0 Å². The molecule has 0 amide bonds. The molecule has 1 aliphatic carbocycles. The zero-order chi connectivity index (χ0) is 11.5. The molecule has 90 valence electrons. The van der Waals surface area contributed by atoms with Crippen molar-refractivity contribution in [3.05, 3.63) is 19.8 Å². The van der Waals surface area contributed by atoms with E-state index < -0.39 is 0 Å². The zero-order valence-electron chi connectivity index (χ0n) is 9.43. The average Bonchev–Trinajstić information content (AvgIpc) is 2.50. The molecule has 0 saturated heterocycles. The summed E-state index contributed by atoms with van der Waals surface area (Å²) in [6.45, 7) is 3.30. The molecule has 0 radical (unpaired) electrons. The standard InChI is InChI=1S/C12H17BrClNS/c1-2-6-15-11(8-4-3-5-8)10-7-9(14)12(13)16-10/h7-8,11,15H,2-6H2,1H3. The first-order valence-electron chi connectivity index (χ1n) is 5.90. The van der Waals surface area contributed by atoms with Crippen molar-refractivity contribution < 1.29 is 0 Å². The van der Waals surface area contributed by atoms with Crippen LogP contribution >= 0.6 is 38.9 Å². The first-order chi connectivity index (χ1) is 7.72. The van der Waals surface area contributed by atoms with Crippen LogP contribution in [-0.2, 0) is 0 Å². The van der Waals surface area contributed by atoms with Crippen molar-refractivity contribution in [1.82, 2.24) is 5.32 Å². The fourth-order valence-corrected chi connectivity index (χ4v) is 4.01. The maximum Gasteiger partial charge on any atom is 0.0887 e. The lowest BCUT2D eigenvalue weighted by atomic mass is 9.79. The SMILES string of the molecule is CCCNC(c1cc(Cl)c(Br)s1)C1CCC1. The number of nitrogens with one attached hydrogen (secondary N) is 1. The van der Waals surface area contributed by atoms with Gasteiger partial charge in [-0.1, -0.05) is 24.9 Å². The van der Waals surface area contributed by atoms with Gasteiger partial charge < -0.3 is 5.32 Å². The zero-order valence-corrected chi connectivity index (χ0v) is 12.6. The normalized spacial score (nSPS) is 18.4. The molecule has 1 atom stereocenters. The topological polar surface area (TPSA) is 12.0 Å². The average molecular weight is 323 g/mol. The van der Waals surface area contributed by atoms with E-state index in [1.807, 2.05) is 0 Å². The van der Waals surface area contributed by atoms with Crippen LogP contribution in [0.2, 0.25) is 5.02 Å². The highest BCUT2D eigenvalue weighted by molar-refractivity contribution is 9.11. The van der Waals surface area contributed by atoms with Gasteiger partial charge in [-0.15, -0.1) is 11.3 Å². The van der Waals surface area contributed by atoms with Crippen molar-refractivity contribution in [1.29, 1.82) is 0 Å². The molecule has 1 unspecified atom stereocenters. The van der Waals surface area contributed by atoms with Gasteiger partial charge in [0.15, 0.2) is 0 Å². The molecule has 1 heterocycles. The van der Waals surface area contributed by atoms with Crippen LogP contribution in [0.15, 0.2) is 9.85 Å². The van der Waals surface area contributed by atoms with Crippen molar-refractivity contribution in [3.63, 3.8) is 0 Å². The van der Waals surface area contributed by atoms with Gasteiger partial charge >= 0.3 is 0 Å². The number of rotatable bonds is 5. The molecule has 1 fully saturated rings. The molecule has 0 aromatic carbocycles. The molecule has 4 heteroatoms. The van der Waals surface area contributed by atoms with Crippen LogP contribution in [0, 0.1) is 5.92 Å². The van der Waals surface area contributed by atoms with E-state index in [4.69, 9.17) is 11.6 Å². The minimum Gasteiger partial charge on any atom is -0.309 e. The Morgan fingerprint density at radius 1 is 1.62 bits per heavy atom. The largest absolute Gasteiger partial charge is 0.309 e. The van der Waals surface area contributed by atoms with E-state index in [0.717, 1.165) is 21.3 Å². The van der Waals surface area contributed by atoms with Crippen LogP contribution in [0.3, 0.4) is 0 Å². The van der Waals surface area contributed by atoms with Crippen LogP contribution in [0.25, 0.3) is 0 Å². The van der Waals surface area contributed by atoms with E-state index in [0.29, 0.717) is 6.04 Å². The van der Waals surface area contributed by atoms with Crippen LogP contribution in [0.1, 0.15) is 43.5 Å². The first-order valence-corrected chi connectivity index (χ1v) is 7.89. The Bertz CT molecular complexity index is 329. The van der Waals surface area contributed by atoms with Gasteiger partial charge in [-0.2, -0.15) is 0 Å². The quantitative estimate of drug-likeness (QED) is 0.804. The highest BCUT2D eigenvalue weighted by Crippen LogP contribution is 2.43. The van der Waals surface area contributed by atoms with E-state index in [9.17, 15) is 0 Å². The van der Waals surface area contributed by atoms with Crippen molar-refractivity contribution in [3.8, 4) is 0 Å². The summed E-state index contributed by atoms with van der Waals surface area (Å²) in [6.07, 6.45) is 5.28. The third-order valence-corrected chi connectivity index (χ3v) is 5.76. The van der Waals surface area contributed by atoms with Gasteiger partial charge in [-0.25, -0.2) is 0 Å². The van der Waals surface area contributed by atoms with E-state index in [1.165, 1.54) is 30.6 Å². The highest BCUT2D eigenvalue weighted by Gasteiger charge is 2.29. The second kappa shape index (κ2) is 5.85. The Kier molecular flexibility index (Phi) is 4.71. The van der Waals surface area contributed by atoms with Crippen molar-refractivity contribution in [2.24, 2.45) is 5.92 Å². The summed E-state index contributed by atoms with van der Waals surface area (Å²) in [5.41, 5.74) is 0. The Hall–Kier alpha value is 0.430. The van der Waals surface area contributed by atoms with Crippen LogP contribution in [0.4, 0.5) is 0 Å². The molecule has 0 bridgehead atoms. The number of thiophene rings is 1. The molecule has 1 aromatic rings. The molecule has 1 aliphatic rings. The van der Waals surface area contributed by atoms with Gasteiger partial charge in [0.25, 0.3) is 0 Å². The predicted molar refractivity (Wildman–Crippen MR) is 75.4 cm³/mol. The minimum atomic E-state index is 0.516. The second-order valence-corrected chi connectivity index (χ2v) is 7.20. The summed E-state index contributed by atoms with van der Waals surface area (Å²) in [5, 5.41) is 4.51. The van der Waals surface area contributed by atoms with Crippen molar-refractivity contribution >= 4 is 38.9 Å². The molecule has 2 rings (SSSR count).